The van der Waals surface area contributed by atoms with Crippen molar-refractivity contribution in [3.05, 3.63) is 52.6 Å². The van der Waals surface area contributed by atoms with E-state index in [2.05, 4.69) is 4.74 Å². The number of alkyl halides is 5. The fraction of sp³-hybridized carbons (Fsp3) is 0.222. The Morgan fingerprint density at radius 1 is 1.15 bits per heavy atom. The van der Waals surface area contributed by atoms with Crippen molar-refractivity contribution in [3.8, 4) is 17.2 Å². The Balaban J connectivity index is 2.95. The van der Waals surface area contributed by atoms with Crippen LogP contribution in [-0.4, -0.2) is 19.3 Å². The van der Waals surface area contributed by atoms with Crippen LogP contribution in [0.15, 0.2) is 30.3 Å². The van der Waals surface area contributed by atoms with Crippen molar-refractivity contribution in [2.24, 2.45) is 0 Å². The monoisotopic (exact) mass is 384 g/mol. The second-order valence-electron chi connectivity index (χ2n) is 5.68. The number of nitriles is 1. The number of hydrogen-bond donors (Lipinski definition) is 1. The molecule has 0 fully saturated rings. The maximum Gasteiger partial charge on any atom is 0.458 e. The average molecular weight is 384 g/mol. The largest absolute Gasteiger partial charge is 0.465 e. The number of esters is 1. The smallest absolute Gasteiger partial charge is 0.458 e. The van der Waals surface area contributed by atoms with Gasteiger partial charge in [-0.25, -0.2) is 4.79 Å². The quantitative estimate of drug-likeness (QED) is 0.478. The molecule has 9 heteroatoms. The van der Waals surface area contributed by atoms with Gasteiger partial charge in [0.05, 0.1) is 23.9 Å². The summed E-state index contributed by atoms with van der Waals surface area (Å²) in [5.41, 5.74) is 2.34. The predicted octanol–water partition coefficient (Wildman–Crippen LogP) is 4.56. The van der Waals surface area contributed by atoms with E-state index in [0.717, 1.165) is 12.7 Å². The Morgan fingerprint density at radius 2 is 1.70 bits per heavy atom. The number of aryl methyl sites for hydroxylation is 1. The van der Waals surface area contributed by atoms with Crippen molar-refractivity contribution < 1.29 is 31.5 Å². The van der Waals surface area contributed by atoms with Gasteiger partial charge in [0.25, 0.3) is 0 Å². The molecule has 0 aromatic heterocycles. The van der Waals surface area contributed by atoms with Crippen LogP contribution < -0.4 is 5.73 Å². The van der Waals surface area contributed by atoms with Gasteiger partial charge in [-0.1, -0.05) is 29.8 Å². The number of halogens is 5. The lowest BCUT2D eigenvalue weighted by Crippen LogP contribution is -2.36. The van der Waals surface area contributed by atoms with Gasteiger partial charge in [0.2, 0.25) is 0 Å². The molecule has 2 aromatic rings. The molecule has 0 heterocycles. The normalized spacial score (nSPS) is 11.8. The van der Waals surface area contributed by atoms with Crippen LogP contribution in [-0.2, 0) is 10.7 Å². The fourth-order valence-corrected chi connectivity index (χ4v) is 2.51. The Bertz CT molecular complexity index is 929. The van der Waals surface area contributed by atoms with Crippen LogP contribution in [0.5, 0.6) is 0 Å². The Labute approximate surface area is 151 Å². The number of anilines is 1. The zero-order chi connectivity index (χ0) is 20.6. The van der Waals surface area contributed by atoms with Crippen LogP contribution in [0.1, 0.15) is 27.0 Å². The number of rotatable bonds is 3. The van der Waals surface area contributed by atoms with E-state index in [1.54, 1.807) is 25.1 Å². The minimum atomic E-state index is -5.99. The van der Waals surface area contributed by atoms with Crippen molar-refractivity contribution in [3.63, 3.8) is 0 Å². The lowest BCUT2D eigenvalue weighted by Gasteiger charge is -2.24. The first kappa shape index (κ1) is 20.2. The molecule has 0 aliphatic rings. The Morgan fingerprint density at radius 3 is 2.15 bits per heavy atom. The molecule has 4 nitrogen and oxygen atoms in total. The first-order valence-corrected chi connectivity index (χ1v) is 7.42. The second-order valence-corrected chi connectivity index (χ2v) is 5.68. The second kappa shape index (κ2) is 6.87. The van der Waals surface area contributed by atoms with E-state index < -0.39 is 40.4 Å². The highest BCUT2D eigenvalue weighted by Crippen LogP contribution is 2.48. The van der Waals surface area contributed by atoms with Crippen LogP contribution in [0.2, 0.25) is 0 Å². The standard InChI is InChI=1S/C18H13F5N2O2/c1-9-3-5-10(6-4-9)11-7-13(17(19,20)18(21,22)23)14(16(26)27-2)15(25)12(11)8-24/h3-7H,25H2,1-2H3. The highest BCUT2D eigenvalue weighted by Gasteiger charge is 2.60. The molecular formula is C18H13F5N2O2. The molecule has 0 aliphatic carbocycles. The van der Waals surface area contributed by atoms with Crippen molar-refractivity contribution >= 4 is 11.7 Å². The molecule has 0 unspecified atom stereocenters. The van der Waals surface area contributed by atoms with Gasteiger partial charge >= 0.3 is 18.1 Å². The van der Waals surface area contributed by atoms with E-state index in [4.69, 9.17) is 5.73 Å². The van der Waals surface area contributed by atoms with Gasteiger partial charge in [0, 0.05) is 11.1 Å². The number of nitrogen functional groups attached to an aromatic ring is 1. The third-order valence-electron chi connectivity index (χ3n) is 3.92. The predicted molar refractivity (Wildman–Crippen MR) is 87.0 cm³/mol. The van der Waals surface area contributed by atoms with E-state index in [0.29, 0.717) is 6.07 Å². The van der Waals surface area contributed by atoms with Crippen molar-refractivity contribution in [1.82, 2.24) is 0 Å². The molecule has 0 saturated carbocycles. The summed E-state index contributed by atoms with van der Waals surface area (Å²) in [4.78, 5) is 11.9. The van der Waals surface area contributed by atoms with E-state index in [1.165, 1.54) is 12.1 Å². The number of nitrogens with two attached hydrogens (primary N) is 1. The molecule has 2 rings (SSSR count). The first-order chi connectivity index (χ1) is 12.5. The van der Waals surface area contributed by atoms with Crippen molar-refractivity contribution in [1.29, 1.82) is 5.26 Å². The number of carbonyl (C=O) groups excluding carboxylic acids is 1. The van der Waals surface area contributed by atoms with Crippen LogP contribution in [0.3, 0.4) is 0 Å². The molecule has 2 aromatic carbocycles. The molecule has 0 saturated heterocycles. The highest BCUT2D eigenvalue weighted by molar-refractivity contribution is 6.00. The summed E-state index contributed by atoms with van der Waals surface area (Å²) in [5.74, 6) is -6.89. The van der Waals surface area contributed by atoms with Gasteiger partial charge in [-0.15, -0.1) is 0 Å². The first-order valence-electron chi connectivity index (χ1n) is 7.42. The van der Waals surface area contributed by atoms with E-state index >= 15 is 0 Å². The summed E-state index contributed by atoms with van der Waals surface area (Å²) in [6, 6.07) is 8.17. The molecule has 2 N–H and O–H groups in total. The molecule has 0 radical (unpaired) electrons. The average Bonchev–Trinajstić information content (AvgIpc) is 2.59. The highest BCUT2D eigenvalue weighted by atomic mass is 19.4. The van der Waals surface area contributed by atoms with Crippen molar-refractivity contribution in [2.75, 3.05) is 12.8 Å². The van der Waals surface area contributed by atoms with Gasteiger partial charge in [-0.2, -0.15) is 27.2 Å². The third kappa shape index (κ3) is 3.43. The van der Waals surface area contributed by atoms with Crippen LogP contribution in [0.4, 0.5) is 27.6 Å². The van der Waals surface area contributed by atoms with Gasteiger partial charge < -0.3 is 10.5 Å². The molecule has 142 valence electrons. The zero-order valence-electron chi connectivity index (χ0n) is 14.1. The molecule has 27 heavy (non-hydrogen) atoms. The summed E-state index contributed by atoms with van der Waals surface area (Å²) in [6.45, 7) is 1.74. The maximum absolute atomic E-state index is 14.1. The minimum Gasteiger partial charge on any atom is -0.465 e. The number of methoxy groups -OCH3 is 1. The van der Waals surface area contributed by atoms with Gasteiger partial charge in [0.1, 0.15) is 6.07 Å². The Kier molecular flexibility index (Phi) is 5.13. The number of nitrogens with zero attached hydrogens (tertiary/aromatic N) is 1. The number of benzene rings is 2. The topological polar surface area (TPSA) is 76.1 Å². The van der Waals surface area contributed by atoms with Gasteiger partial charge in [0.15, 0.2) is 0 Å². The molecule has 0 atom stereocenters. The van der Waals surface area contributed by atoms with E-state index in [9.17, 15) is 32.0 Å². The molecule has 0 amide bonds. The lowest BCUT2D eigenvalue weighted by atomic mass is 9.89. The van der Waals surface area contributed by atoms with Crippen LogP contribution in [0, 0.1) is 18.3 Å². The fourth-order valence-electron chi connectivity index (χ4n) is 2.51. The van der Waals surface area contributed by atoms with Crippen LogP contribution in [0.25, 0.3) is 11.1 Å². The Hall–Kier alpha value is -3.15. The number of hydrogen-bond acceptors (Lipinski definition) is 4. The van der Waals surface area contributed by atoms with Crippen molar-refractivity contribution in [2.45, 2.75) is 19.0 Å². The lowest BCUT2D eigenvalue weighted by molar-refractivity contribution is -0.289. The molecular weight excluding hydrogens is 371 g/mol. The summed E-state index contributed by atoms with van der Waals surface area (Å²) >= 11 is 0. The van der Waals surface area contributed by atoms with E-state index in [-0.39, 0.29) is 11.1 Å². The SMILES string of the molecule is COC(=O)c1c(C(F)(F)C(F)(F)F)cc(-c2ccc(C)cc2)c(C#N)c1N. The van der Waals surface area contributed by atoms with Gasteiger partial charge in [-0.05, 0) is 18.6 Å². The molecule has 0 aliphatic heterocycles. The maximum atomic E-state index is 14.1. The summed E-state index contributed by atoms with van der Waals surface area (Å²) in [5, 5.41) is 9.36. The minimum absolute atomic E-state index is 0.194. The zero-order valence-corrected chi connectivity index (χ0v) is 14.1. The number of ether oxygens (including phenoxy) is 1. The number of carbonyl (C=O) groups is 1. The van der Waals surface area contributed by atoms with E-state index in [1.807, 2.05) is 0 Å². The molecule has 0 bridgehead atoms. The third-order valence-corrected chi connectivity index (χ3v) is 3.92. The summed E-state index contributed by atoms with van der Waals surface area (Å²) in [6.07, 6.45) is -5.99. The van der Waals surface area contributed by atoms with Gasteiger partial charge in [-0.3, -0.25) is 0 Å². The molecule has 0 spiro atoms. The summed E-state index contributed by atoms with van der Waals surface area (Å²) in [7, 11) is 0.803. The summed E-state index contributed by atoms with van der Waals surface area (Å²) < 4.78 is 71.4. The van der Waals surface area contributed by atoms with Crippen LogP contribution >= 0.6 is 0 Å².